The average molecular weight is 243 g/mol. The number of nitrogens with one attached hydrogen (secondary N) is 1. The van der Waals surface area contributed by atoms with Crippen LogP contribution < -0.4 is 5.32 Å². The number of hydrogen-bond acceptors (Lipinski definition) is 3. The molecule has 1 amide bonds. The molecule has 0 radical (unpaired) electrons. The number of carboxylic acids is 1. The van der Waals surface area contributed by atoms with Gasteiger partial charge < -0.3 is 15.5 Å². The van der Waals surface area contributed by atoms with Crippen LogP contribution in [0.5, 0.6) is 0 Å². The molecule has 3 atom stereocenters. The van der Waals surface area contributed by atoms with Crippen molar-refractivity contribution in [3.63, 3.8) is 0 Å². The average Bonchev–Trinajstić information content (AvgIpc) is 2.77. The number of carbonyl (C=O) groups is 2. The van der Waals surface area contributed by atoms with Crippen molar-refractivity contribution >= 4 is 11.9 Å². The second-order valence-electron chi connectivity index (χ2n) is 5.66. The number of hydrogen-bond donors (Lipinski definition) is 3. The van der Waals surface area contributed by atoms with Gasteiger partial charge in [-0.05, 0) is 11.3 Å². The molecule has 0 aromatic carbocycles. The van der Waals surface area contributed by atoms with Gasteiger partial charge >= 0.3 is 5.97 Å². The molecule has 3 N–H and O–H groups in total. The summed E-state index contributed by atoms with van der Waals surface area (Å²) >= 11 is 0. The monoisotopic (exact) mass is 243 g/mol. The Hall–Kier alpha value is -1.10. The molecule has 5 nitrogen and oxygen atoms in total. The molecule has 98 valence electrons. The fourth-order valence-corrected chi connectivity index (χ4v) is 2.28. The normalized spacial score (nSPS) is 27.6. The summed E-state index contributed by atoms with van der Waals surface area (Å²) in [6, 6.07) is -0.312. The Bertz CT molecular complexity index is 324. The molecule has 0 heterocycles. The summed E-state index contributed by atoms with van der Waals surface area (Å²) in [4.78, 5) is 22.9. The first-order valence-corrected chi connectivity index (χ1v) is 5.87. The molecule has 0 aliphatic heterocycles. The third-order valence-electron chi connectivity index (χ3n) is 3.70. The van der Waals surface area contributed by atoms with E-state index in [1.54, 1.807) is 13.8 Å². The Morgan fingerprint density at radius 1 is 1.29 bits per heavy atom. The van der Waals surface area contributed by atoms with E-state index in [2.05, 4.69) is 5.32 Å². The Labute approximate surface area is 101 Å². The van der Waals surface area contributed by atoms with Gasteiger partial charge in [-0.25, -0.2) is 0 Å². The minimum atomic E-state index is -0.930. The zero-order valence-corrected chi connectivity index (χ0v) is 10.7. The molecule has 1 fully saturated rings. The predicted octanol–water partition coefficient (Wildman–Crippen LogP) is 0.476. The summed E-state index contributed by atoms with van der Waals surface area (Å²) in [5.74, 6) is -2.19. The predicted molar refractivity (Wildman–Crippen MR) is 62.3 cm³/mol. The lowest BCUT2D eigenvalue weighted by Gasteiger charge is -2.20. The van der Waals surface area contributed by atoms with E-state index < -0.39 is 23.2 Å². The molecule has 0 aromatic heterocycles. The van der Waals surface area contributed by atoms with E-state index in [-0.39, 0.29) is 24.5 Å². The standard InChI is InChI=1S/C12H21NO4/c1-6(2)7(5-14)13-10(15)8-9(11(16)17)12(8,3)4/h6-9,14H,5H2,1-4H3,(H,13,15)(H,16,17)/t7?,8-,9+/m1/s1. The van der Waals surface area contributed by atoms with Crippen molar-refractivity contribution < 1.29 is 19.8 Å². The van der Waals surface area contributed by atoms with Crippen LogP contribution in [0.15, 0.2) is 0 Å². The molecule has 1 unspecified atom stereocenters. The second-order valence-corrected chi connectivity index (χ2v) is 5.66. The summed E-state index contributed by atoms with van der Waals surface area (Å²) in [5.41, 5.74) is -0.493. The number of aliphatic hydroxyl groups is 1. The van der Waals surface area contributed by atoms with Crippen LogP contribution in [0.1, 0.15) is 27.7 Å². The van der Waals surface area contributed by atoms with Crippen LogP contribution >= 0.6 is 0 Å². The number of aliphatic hydroxyl groups excluding tert-OH is 1. The largest absolute Gasteiger partial charge is 0.481 e. The van der Waals surface area contributed by atoms with Crippen molar-refractivity contribution in [2.45, 2.75) is 33.7 Å². The minimum absolute atomic E-state index is 0.120. The minimum Gasteiger partial charge on any atom is -0.481 e. The van der Waals surface area contributed by atoms with E-state index in [0.29, 0.717) is 0 Å². The lowest BCUT2D eigenvalue weighted by Crippen LogP contribution is -2.42. The molecule has 1 saturated carbocycles. The molecule has 0 bridgehead atoms. The SMILES string of the molecule is CC(C)C(CO)NC(=O)[C@H]1[C@@H](C(=O)O)C1(C)C. The van der Waals surface area contributed by atoms with Gasteiger partial charge in [0.1, 0.15) is 0 Å². The Morgan fingerprint density at radius 2 is 1.82 bits per heavy atom. The van der Waals surface area contributed by atoms with E-state index in [9.17, 15) is 9.59 Å². The first kappa shape index (κ1) is 14.0. The highest BCUT2D eigenvalue weighted by Crippen LogP contribution is 2.58. The van der Waals surface area contributed by atoms with Crippen molar-refractivity contribution in [1.29, 1.82) is 0 Å². The maximum atomic E-state index is 11.9. The molecule has 5 heteroatoms. The molecule has 1 aliphatic carbocycles. The number of aliphatic carboxylic acids is 1. The first-order valence-electron chi connectivity index (χ1n) is 5.87. The van der Waals surface area contributed by atoms with Gasteiger partial charge in [-0.15, -0.1) is 0 Å². The smallest absolute Gasteiger partial charge is 0.307 e. The van der Waals surface area contributed by atoms with Gasteiger partial charge in [0.25, 0.3) is 0 Å². The molecule has 17 heavy (non-hydrogen) atoms. The fraction of sp³-hybridized carbons (Fsp3) is 0.833. The molecular weight excluding hydrogens is 222 g/mol. The molecule has 1 rings (SSSR count). The Kier molecular flexibility index (Phi) is 3.81. The topological polar surface area (TPSA) is 86.6 Å². The van der Waals surface area contributed by atoms with Crippen LogP contribution in [0.25, 0.3) is 0 Å². The number of carboxylic acid groups (broad SMARTS) is 1. The van der Waals surface area contributed by atoms with Gasteiger partial charge in [-0.1, -0.05) is 27.7 Å². The van der Waals surface area contributed by atoms with Crippen LogP contribution in [0.3, 0.4) is 0 Å². The lowest BCUT2D eigenvalue weighted by atomic mass is 10.0. The van der Waals surface area contributed by atoms with E-state index in [4.69, 9.17) is 10.2 Å². The molecule has 0 saturated heterocycles. The highest BCUT2D eigenvalue weighted by atomic mass is 16.4. The fourth-order valence-electron chi connectivity index (χ4n) is 2.28. The maximum Gasteiger partial charge on any atom is 0.307 e. The van der Waals surface area contributed by atoms with Crippen LogP contribution in [-0.4, -0.2) is 34.7 Å². The van der Waals surface area contributed by atoms with Crippen LogP contribution in [0.2, 0.25) is 0 Å². The van der Waals surface area contributed by atoms with Crippen LogP contribution in [0, 0.1) is 23.2 Å². The number of rotatable bonds is 5. The summed E-state index contributed by atoms with van der Waals surface area (Å²) in [5, 5.41) is 20.8. The Balaban J connectivity index is 2.64. The third-order valence-corrected chi connectivity index (χ3v) is 3.70. The van der Waals surface area contributed by atoms with Crippen molar-refractivity contribution in [2.75, 3.05) is 6.61 Å². The van der Waals surface area contributed by atoms with E-state index in [1.165, 1.54) is 0 Å². The van der Waals surface area contributed by atoms with Crippen molar-refractivity contribution in [3.05, 3.63) is 0 Å². The molecular formula is C12H21NO4. The molecule has 0 spiro atoms. The van der Waals surface area contributed by atoms with Crippen molar-refractivity contribution in [3.8, 4) is 0 Å². The molecule has 0 aromatic rings. The van der Waals surface area contributed by atoms with Crippen LogP contribution in [0.4, 0.5) is 0 Å². The highest BCUT2D eigenvalue weighted by molar-refractivity contribution is 5.91. The maximum absolute atomic E-state index is 11.9. The third kappa shape index (κ3) is 2.60. The summed E-state index contributed by atoms with van der Waals surface area (Å²) in [6.45, 7) is 7.22. The van der Waals surface area contributed by atoms with Crippen molar-refractivity contribution in [1.82, 2.24) is 5.32 Å². The second kappa shape index (κ2) is 4.64. The zero-order chi connectivity index (χ0) is 13.4. The van der Waals surface area contributed by atoms with Crippen LogP contribution in [-0.2, 0) is 9.59 Å². The van der Waals surface area contributed by atoms with Gasteiger partial charge in [-0.2, -0.15) is 0 Å². The summed E-state index contributed by atoms with van der Waals surface area (Å²) in [6.07, 6.45) is 0. The van der Waals surface area contributed by atoms with Gasteiger partial charge in [-0.3, -0.25) is 9.59 Å². The first-order chi connectivity index (χ1) is 7.73. The number of carbonyl (C=O) groups excluding carboxylic acids is 1. The zero-order valence-electron chi connectivity index (χ0n) is 10.7. The lowest BCUT2D eigenvalue weighted by molar-refractivity contribution is -0.140. The van der Waals surface area contributed by atoms with Gasteiger partial charge in [0, 0.05) is 0 Å². The molecule has 1 aliphatic rings. The van der Waals surface area contributed by atoms with Gasteiger partial charge in [0.15, 0.2) is 0 Å². The van der Waals surface area contributed by atoms with Crippen molar-refractivity contribution in [2.24, 2.45) is 23.2 Å². The highest BCUT2D eigenvalue weighted by Gasteiger charge is 2.65. The van der Waals surface area contributed by atoms with E-state index in [1.807, 2.05) is 13.8 Å². The van der Waals surface area contributed by atoms with Gasteiger partial charge in [0.05, 0.1) is 24.5 Å². The van der Waals surface area contributed by atoms with Gasteiger partial charge in [0.2, 0.25) is 5.91 Å². The Morgan fingerprint density at radius 3 is 2.12 bits per heavy atom. The van der Waals surface area contributed by atoms with E-state index >= 15 is 0 Å². The quantitative estimate of drug-likeness (QED) is 0.655. The number of amides is 1. The van der Waals surface area contributed by atoms with E-state index in [0.717, 1.165) is 0 Å². The summed E-state index contributed by atoms with van der Waals surface area (Å²) < 4.78 is 0. The summed E-state index contributed by atoms with van der Waals surface area (Å²) in [7, 11) is 0.